The number of fused-ring (bicyclic) bond motifs is 1. The van der Waals surface area contributed by atoms with E-state index < -0.39 is 5.91 Å². The summed E-state index contributed by atoms with van der Waals surface area (Å²) in [5, 5.41) is 4.44. The van der Waals surface area contributed by atoms with Crippen molar-refractivity contribution in [3.63, 3.8) is 0 Å². The molecule has 3 rings (SSSR count). The number of para-hydroxylation sites is 1. The Hall–Kier alpha value is -2.14. The average Bonchev–Trinajstić information content (AvgIpc) is 2.94. The summed E-state index contributed by atoms with van der Waals surface area (Å²) in [5.74, 6) is -0.0179. The molecule has 2 aromatic rings. The quantitative estimate of drug-likeness (QED) is 0.799. The lowest BCUT2D eigenvalue weighted by molar-refractivity contribution is 0.100. The van der Waals surface area contributed by atoms with Crippen molar-refractivity contribution >= 4 is 22.5 Å². The Balaban J connectivity index is 2.06. The van der Waals surface area contributed by atoms with Gasteiger partial charge in [-0.3, -0.25) is 9.78 Å². The van der Waals surface area contributed by atoms with Gasteiger partial charge in [-0.05, 0) is 31.4 Å². The molecule has 1 aromatic heterocycles. The molecule has 5 N–H and O–H groups in total. The summed E-state index contributed by atoms with van der Waals surface area (Å²) < 4.78 is 0. The number of amides is 1. The Labute approximate surface area is 123 Å². The molecule has 0 saturated heterocycles. The van der Waals surface area contributed by atoms with Crippen molar-refractivity contribution in [2.75, 3.05) is 11.9 Å². The second-order valence-electron chi connectivity index (χ2n) is 5.61. The lowest BCUT2D eigenvalue weighted by atomic mass is 10.0. The SMILES string of the molecule is NCC1CCCC1Nc1c(C(N)=O)cnc2ccccc12. The molecule has 1 fully saturated rings. The van der Waals surface area contributed by atoms with Crippen LogP contribution in [0.1, 0.15) is 29.6 Å². The van der Waals surface area contributed by atoms with Crippen molar-refractivity contribution in [2.45, 2.75) is 25.3 Å². The molecule has 1 aliphatic rings. The van der Waals surface area contributed by atoms with Gasteiger partial charge in [-0.25, -0.2) is 0 Å². The summed E-state index contributed by atoms with van der Waals surface area (Å²) in [4.78, 5) is 16.0. The molecule has 1 aliphatic carbocycles. The number of nitrogens with one attached hydrogen (secondary N) is 1. The number of nitrogens with two attached hydrogens (primary N) is 2. The zero-order valence-electron chi connectivity index (χ0n) is 11.9. The second kappa shape index (κ2) is 5.69. The van der Waals surface area contributed by atoms with Crippen molar-refractivity contribution in [2.24, 2.45) is 17.4 Å². The first-order valence-corrected chi connectivity index (χ1v) is 7.35. The van der Waals surface area contributed by atoms with Gasteiger partial charge in [0.05, 0.1) is 16.8 Å². The van der Waals surface area contributed by atoms with E-state index in [2.05, 4.69) is 10.3 Å². The van der Waals surface area contributed by atoms with E-state index in [1.807, 2.05) is 24.3 Å². The molecule has 2 atom stereocenters. The summed E-state index contributed by atoms with van der Waals surface area (Å²) >= 11 is 0. The van der Waals surface area contributed by atoms with Gasteiger partial charge >= 0.3 is 0 Å². The van der Waals surface area contributed by atoms with Gasteiger partial charge in [-0.15, -0.1) is 0 Å². The van der Waals surface area contributed by atoms with Crippen molar-refractivity contribution in [3.8, 4) is 0 Å². The van der Waals surface area contributed by atoms with Crippen LogP contribution in [0.15, 0.2) is 30.5 Å². The molecule has 21 heavy (non-hydrogen) atoms. The Morgan fingerprint density at radius 2 is 2.14 bits per heavy atom. The van der Waals surface area contributed by atoms with E-state index in [9.17, 15) is 4.79 Å². The fourth-order valence-electron chi connectivity index (χ4n) is 3.18. The van der Waals surface area contributed by atoms with Crippen molar-refractivity contribution in [3.05, 3.63) is 36.0 Å². The third-order valence-corrected chi connectivity index (χ3v) is 4.33. The number of benzene rings is 1. The van der Waals surface area contributed by atoms with E-state index in [0.29, 0.717) is 24.1 Å². The summed E-state index contributed by atoms with van der Waals surface area (Å²) in [6, 6.07) is 8.05. The maximum Gasteiger partial charge on any atom is 0.252 e. The maximum atomic E-state index is 11.7. The monoisotopic (exact) mass is 284 g/mol. The number of primary amides is 1. The highest BCUT2D eigenvalue weighted by molar-refractivity contribution is 6.06. The van der Waals surface area contributed by atoms with E-state index in [4.69, 9.17) is 11.5 Å². The smallest absolute Gasteiger partial charge is 0.252 e. The molecule has 1 aromatic carbocycles. The van der Waals surface area contributed by atoms with Gasteiger partial charge in [0, 0.05) is 17.6 Å². The van der Waals surface area contributed by atoms with Crippen LogP contribution in [0.3, 0.4) is 0 Å². The summed E-state index contributed by atoms with van der Waals surface area (Å²) in [7, 11) is 0. The molecule has 110 valence electrons. The van der Waals surface area contributed by atoms with Crippen LogP contribution in [0.4, 0.5) is 5.69 Å². The molecule has 0 radical (unpaired) electrons. The number of carbonyl (C=O) groups excluding carboxylic acids is 1. The van der Waals surface area contributed by atoms with E-state index >= 15 is 0 Å². The number of pyridine rings is 1. The zero-order chi connectivity index (χ0) is 14.8. The fraction of sp³-hybridized carbons (Fsp3) is 0.375. The molecule has 0 bridgehead atoms. The highest BCUT2D eigenvalue weighted by Gasteiger charge is 2.27. The first-order chi connectivity index (χ1) is 10.2. The minimum absolute atomic E-state index is 0.291. The van der Waals surface area contributed by atoms with Gasteiger partial charge in [0.15, 0.2) is 0 Å². The standard InChI is InChI=1S/C16H20N4O/c17-8-10-4-3-7-13(10)20-15-11-5-1-2-6-14(11)19-9-12(15)16(18)21/h1-2,5-6,9-10,13H,3-4,7-8,17H2,(H2,18,21)(H,19,20). The molecule has 2 unspecified atom stereocenters. The molecule has 5 nitrogen and oxygen atoms in total. The Morgan fingerprint density at radius 1 is 1.33 bits per heavy atom. The van der Waals surface area contributed by atoms with E-state index in [-0.39, 0.29) is 0 Å². The number of carbonyl (C=O) groups is 1. The third-order valence-electron chi connectivity index (χ3n) is 4.33. The van der Waals surface area contributed by atoms with Crippen LogP contribution >= 0.6 is 0 Å². The molecule has 1 amide bonds. The van der Waals surface area contributed by atoms with Crippen LogP contribution < -0.4 is 16.8 Å². The topological polar surface area (TPSA) is 94.0 Å². The fourth-order valence-corrected chi connectivity index (χ4v) is 3.18. The molecule has 1 heterocycles. The van der Waals surface area contributed by atoms with Crippen LogP contribution in [0, 0.1) is 5.92 Å². The number of hydrogen-bond donors (Lipinski definition) is 3. The molecule has 5 heteroatoms. The Kier molecular flexibility index (Phi) is 3.75. The maximum absolute atomic E-state index is 11.7. The first-order valence-electron chi connectivity index (χ1n) is 7.35. The predicted molar refractivity (Wildman–Crippen MR) is 84.1 cm³/mol. The summed E-state index contributed by atoms with van der Waals surface area (Å²) in [5.41, 5.74) is 13.4. The minimum atomic E-state index is -0.460. The van der Waals surface area contributed by atoms with Gasteiger partial charge in [-0.2, -0.15) is 0 Å². The number of aromatic nitrogens is 1. The lowest BCUT2D eigenvalue weighted by Crippen LogP contribution is -2.30. The van der Waals surface area contributed by atoms with E-state index in [1.165, 1.54) is 0 Å². The normalized spacial score (nSPS) is 21.6. The van der Waals surface area contributed by atoms with Crippen LogP contribution in [0.2, 0.25) is 0 Å². The molecule has 0 aliphatic heterocycles. The molecule has 1 saturated carbocycles. The average molecular weight is 284 g/mol. The van der Waals surface area contributed by atoms with Crippen LogP contribution in [-0.2, 0) is 0 Å². The van der Waals surface area contributed by atoms with Crippen LogP contribution in [0.25, 0.3) is 10.9 Å². The number of nitrogens with zero attached hydrogens (tertiary/aromatic N) is 1. The van der Waals surface area contributed by atoms with Crippen LogP contribution in [-0.4, -0.2) is 23.5 Å². The third kappa shape index (κ3) is 2.56. The van der Waals surface area contributed by atoms with Crippen molar-refractivity contribution in [1.82, 2.24) is 4.98 Å². The van der Waals surface area contributed by atoms with Gasteiger partial charge in [0.25, 0.3) is 5.91 Å². The Bertz CT molecular complexity index is 670. The van der Waals surface area contributed by atoms with E-state index in [1.54, 1.807) is 6.20 Å². The van der Waals surface area contributed by atoms with Gasteiger partial charge in [-0.1, -0.05) is 24.6 Å². The van der Waals surface area contributed by atoms with Crippen LogP contribution in [0.5, 0.6) is 0 Å². The lowest BCUT2D eigenvalue weighted by Gasteiger charge is -2.23. The molecule has 0 spiro atoms. The summed E-state index contributed by atoms with van der Waals surface area (Å²) in [6.45, 7) is 0.659. The highest BCUT2D eigenvalue weighted by atomic mass is 16.1. The number of rotatable bonds is 4. The largest absolute Gasteiger partial charge is 0.381 e. The molecular weight excluding hydrogens is 264 g/mol. The predicted octanol–water partition coefficient (Wildman–Crippen LogP) is 1.87. The minimum Gasteiger partial charge on any atom is -0.381 e. The Morgan fingerprint density at radius 3 is 2.90 bits per heavy atom. The summed E-state index contributed by atoms with van der Waals surface area (Å²) in [6.07, 6.45) is 4.91. The van der Waals surface area contributed by atoms with Gasteiger partial charge in [0.1, 0.15) is 0 Å². The highest BCUT2D eigenvalue weighted by Crippen LogP contribution is 2.32. The van der Waals surface area contributed by atoms with Gasteiger partial charge in [0.2, 0.25) is 0 Å². The molecular formula is C16H20N4O. The van der Waals surface area contributed by atoms with Gasteiger partial charge < -0.3 is 16.8 Å². The zero-order valence-corrected chi connectivity index (χ0v) is 11.9. The first kappa shape index (κ1) is 13.8. The number of hydrogen-bond acceptors (Lipinski definition) is 4. The van der Waals surface area contributed by atoms with Crippen molar-refractivity contribution < 1.29 is 4.79 Å². The van der Waals surface area contributed by atoms with Crippen molar-refractivity contribution in [1.29, 1.82) is 0 Å². The van der Waals surface area contributed by atoms with E-state index in [0.717, 1.165) is 35.9 Å². The number of anilines is 1. The second-order valence-corrected chi connectivity index (χ2v) is 5.61.